The molecule has 1 fully saturated rings. The lowest BCUT2D eigenvalue weighted by atomic mass is 10.1. The molecule has 3 heteroatoms. The fraction of sp³-hybridized carbons (Fsp3) is 0.571. The Morgan fingerprint density at radius 1 is 1.53 bits per heavy atom. The van der Waals surface area contributed by atoms with E-state index in [1.165, 1.54) is 37.2 Å². The van der Waals surface area contributed by atoms with Gasteiger partial charge in [0.15, 0.2) is 0 Å². The molecule has 0 amide bonds. The fourth-order valence-corrected chi connectivity index (χ4v) is 3.21. The average Bonchev–Trinajstić information content (AvgIpc) is 2.76. The number of benzene rings is 1. The molecule has 1 saturated heterocycles. The normalized spacial score (nSPS) is 21.9. The van der Waals surface area contributed by atoms with Crippen molar-refractivity contribution in [3.05, 3.63) is 28.2 Å². The quantitative estimate of drug-likeness (QED) is 0.921. The van der Waals surface area contributed by atoms with Gasteiger partial charge in [0, 0.05) is 29.3 Å². The van der Waals surface area contributed by atoms with Crippen LogP contribution < -0.4 is 10.6 Å². The summed E-state index contributed by atoms with van der Waals surface area (Å²) >= 11 is 3.62. The van der Waals surface area contributed by atoms with Gasteiger partial charge in [0.05, 0.1) is 0 Å². The first-order chi connectivity index (χ1) is 8.11. The summed E-state index contributed by atoms with van der Waals surface area (Å²) in [5, 5.41) is 0. The lowest BCUT2D eigenvalue weighted by molar-refractivity contribution is 0.569. The summed E-state index contributed by atoms with van der Waals surface area (Å²) in [7, 11) is 0. The van der Waals surface area contributed by atoms with Crippen LogP contribution in [0, 0.1) is 5.92 Å². The second kappa shape index (κ2) is 5.40. The Hall–Kier alpha value is -0.540. The van der Waals surface area contributed by atoms with Crippen molar-refractivity contribution in [1.82, 2.24) is 0 Å². The summed E-state index contributed by atoms with van der Waals surface area (Å²) in [6.07, 6.45) is 2.61. The zero-order valence-electron chi connectivity index (χ0n) is 10.6. The van der Waals surface area contributed by atoms with Gasteiger partial charge >= 0.3 is 0 Å². The minimum atomic E-state index is 0.0837. The van der Waals surface area contributed by atoms with Crippen LogP contribution >= 0.6 is 15.9 Å². The Morgan fingerprint density at radius 3 is 2.82 bits per heavy atom. The number of hydrogen-bond acceptors (Lipinski definition) is 2. The standard InChI is InChI=1S/C14H21BrN2/c1-3-11-6-7-17(9-11)12-4-5-13(10(2)16)14(15)8-12/h4-5,8,10-11H,3,6-7,9,16H2,1-2H3. The number of rotatable bonds is 3. The van der Waals surface area contributed by atoms with E-state index in [1.807, 2.05) is 6.92 Å². The third kappa shape index (κ3) is 2.83. The monoisotopic (exact) mass is 296 g/mol. The van der Waals surface area contributed by atoms with Gasteiger partial charge < -0.3 is 10.6 Å². The first kappa shape index (κ1) is 12.9. The van der Waals surface area contributed by atoms with Crippen LogP contribution in [0.25, 0.3) is 0 Å². The summed E-state index contributed by atoms with van der Waals surface area (Å²) in [5.74, 6) is 0.863. The van der Waals surface area contributed by atoms with E-state index in [9.17, 15) is 0 Å². The minimum absolute atomic E-state index is 0.0837. The lowest BCUT2D eigenvalue weighted by Gasteiger charge is -2.20. The topological polar surface area (TPSA) is 29.3 Å². The van der Waals surface area contributed by atoms with Gasteiger partial charge in [-0.1, -0.05) is 35.3 Å². The molecule has 1 heterocycles. The Morgan fingerprint density at radius 2 is 2.29 bits per heavy atom. The van der Waals surface area contributed by atoms with E-state index in [0.717, 1.165) is 10.4 Å². The predicted molar refractivity (Wildman–Crippen MR) is 77.4 cm³/mol. The Labute approximate surface area is 112 Å². The van der Waals surface area contributed by atoms with E-state index in [0.29, 0.717) is 0 Å². The minimum Gasteiger partial charge on any atom is -0.371 e. The van der Waals surface area contributed by atoms with Gasteiger partial charge in [-0.15, -0.1) is 0 Å². The molecule has 0 spiro atoms. The van der Waals surface area contributed by atoms with Crippen LogP contribution in [0.5, 0.6) is 0 Å². The molecule has 0 radical (unpaired) electrons. The first-order valence-corrected chi connectivity index (χ1v) is 7.21. The Balaban J connectivity index is 2.15. The van der Waals surface area contributed by atoms with Crippen LogP contribution in [0.3, 0.4) is 0 Å². The molecule has 1 aliphatic heterocycles. The number of nitrogens with zero attached hydrogens (tertiary/aromatic N) is 1. The third-order valence-corrected chi connectivity index (χ3v) is 4.39. The van der Waals surface area contributed by atoms with Crippen molar-refractivity contribution < 1.29 is 0 Å². The van der Waals surface area contributed by atoms with Crippen LogP contribution in [0.2, 0.25) is 0 Å². The fourth-order valence-electron chi connectivity index (χ4n) is 2.48. The Bertz CT molecular complexity index is 390. The van der Waals surface area contributed by atoms with E-state index in [-0.39, 0.29) is 6.04 Å². The largest absolute Gasteiger partial charge is 0.371 e. The number of anilines is 1. The van der Waals surface area contributed by atoms with Gasteiger partial charge in [0.2, 0.25) is 0 Å². The molecular weight excluding hydrogens is 276 g/mol. The summed E-state index contributed by atoms with van der Waals surface area (Å²) < 4.78 is 1.13. The van der Waals surface area contributed by atoms with E-state index >= 15 is 0 Å². The molecule has 1 aromatic carbocycles. The summed E-state index contributed by atoms with van der Waals surface area (Å²) in [6.45, 7) is 6.68. The predicted octanol–water partition coefficient (Wildman–Crippen LogP) is 3.71. The van der Waals surface area contributed by atoms with Crippen molar-refractivity contribution in [1.29, 1.82) is 0 Å². The smallest absolute Gasteiger partial charge is 0.0377 e. The molecule has 1 aromatic rings. The maximum atomic E-state index is 5.92. The molecule has 2 unspecified atom stereocenters. The first-order valence-electron chi connectivity index (χ1n) is 6.41. The zero-order chi connectivity index (χ0) is 12.4. The van der Waals surface area contributed by atoms with Crippen molar-refractivity contribution in [2.24, 2.45) is 11.7 Å². The summed E-state index contributed by atoms with van der Waals surface area (Å²) in [5.41, 5.74) is 8.42. The SMILES string of the molecule is CCC1CCN(c2ccc(C(C)N)c(Br)c2)C1. The molecular formula is C14H21BrN2. The maximum absolute atomic E-state index is 5.92. The van der Waals surface area contributed by atoms with E-state index in [2.05, 4.69) is 46.0 Å². The molecule has 0 aromatic heterocycles. The highest BCUT2D eigenvalue weighted by Gasteiger charge is 2.21. The van der Waals surface area contributed by atoms with Gasteiger partial charge in [-0.05, 0) is 37.0 Å². The van der Waals surface area contributed by atoms with E-state index in [4.69, 9.17) is 5.73 Å². The molecule has 2 atom stereocenters. The molecule has 2 N–H and O–H groups in total. The highest BCUT2D eigenvalue weighted by atomic mass is 79.9. The van der Waals surface area contributed by atoms with E-state index < -0.39 is 0 Å². The van der Waals surface area contributed by atoms with Gasteiger partial charge in [0.25, 0.3) is 0 Å². The van der Waals surface area contributed by atoms with Crippen LogP contribution in [0.1, 0.15) is 38.3 Å². The summed E-state index contributed by atoms with van der Waals surface area (Å²) in [6, 6.07) is 6.63. The zero-order valence-corrected chi connectivity index (χ0v) is 12.2. The molecule has 94 valence electrons. The highest BCUT2D eigenvalue weighted by molar-refractivity contribution is 9.10. The van der Waals surface area contributed by atoms with Crippen molar-refractivity contribution >= 4 is 21.6 Å². The third-order valence-electron chi connectivity index (χ3n) is 3.70. The molecule has 0 bridgehead atoms. The second-order valence-electron chi connectivity index (χ2n) is 5.00. The number of hydrogen-bond donors (Lipinski definition) is 1. The van der Waals surface area contributed by atoms with Crippen LogP contribution in [-0.2, 0) is 0 Å². The molecule has 0 aliphatic carbocycles. The average molecular weight is 297 g/mol. The molecule has 17 heavy (non-hydrogen) atoms. The van der Waals surface area contributed by atoms with Crippen molar-refractivity contribution in [2.45, 2.75) is 32.7 Å². The van der Waals surface area contributed by atoms with Gasteiger partial charge in [-0.3, -0.25) is 0 Å². The number of nitrogens with two attached hydrogens (primary N) is 1. The van der Waals surface area contributed by atoms with Crippen molar-refractivity contribution in [3.63, 3.8) is 0 Å². The molecule has 0 saturated carbocycles. The highest BCUT2D eigenvalue weighted by Crippen LogP contribution is 2.30. The summed E-state index contributed by atoms with van der Waals surface area (Å²) in [4.78, 5) is 2.48. The van der Waals surface area contributed by atoms with Gasteiger partial charge in [0.1, 0.15) is 0 Å². The van der Waals surface area contributed by atoms with Crippen LogP contribution in [-0.4, -0.2) is 13.1 Å². The van der Waals surface area contributed by atoms with Gasteiger partial charge in [-0.25, -0.2) is 0 Å². The molecule has 2 nitrogen and oxygen atoms in total. The van der Waals surface area contributed by atoms with Crippen LogP contribution in [0.4, 0.5) is 5.69 Å². The van der Waals surface area contributed by atoms with Crippen molar-refractivity contribution in [2.75, 3.05) is 18.0 Å². The maximum Gasteiger partial charge on any atom is 0.0377 e. The second-order valence-corrected chi connectivity index (χ2v) is 5.86. The Kier molecular flexibility index (Phi) is 4.10. The van der Waals surface area contributed by atoms with Gasteiger partial charge in [-0.2, -0.15) is 0 Å². The number of halogens is 1. The van der Waals surface area contributed by atoms with E-state index in [1.54, 1.807) is 0 Å². The van der Waals surface area contributed by atoms with Crippen molar-refractivity contribution in [3.8, 4) is 0 Å². The lowest BCUT2D eigenvalue weighted by Crippen LogP contribution is -2.19. The molecule has 2 rings (SSSR count). The molecule has 1 aliphatic rings. The van der Waals surface area contributed by atoms with Crippen LogP contribution in [0.15, 0.2) is 22.7 Å².